The van der Waals surface area contributed by atoms with Gasteiger partial charge >= 0.3 is 0 Å². The zero-order valence-electron chi connectivity index (χ0n) is 15.7. The first-order valence-electron chi connectivity index (χ1n) is 8.92. The van der Waals surface area contributed by atoms with Crippen LogP contribution in [0.1, 0.15) is 18.1 Å². The minimum atomic E-state index is -0.944. The van der Waals surface area contributed by atoms with Crippen LogP contribution in [-0.2, 0) is 20.8 Å². The Morgan fingerprint density at radius 2 is 1.82 bits per heavy atom. The van der Waals surface area contributed by atoms with Gasteiger partial charge in [-0.25, -0.2) is 9.87 Å². The second kappa shape index (κ2) is 8.63. The van der Waals surface area contributed by atoms with Crippen LogP contribution >= 0.6 is 0 Å². The van der Waals surface area contributed by atoms with E-state index in [1.54, 1.807) is 19.1 Å². The molecule has 0 spiro atoms. The highest BCUT2D eigenvalue weighted by atomic mass is 19.1. The van der Waals surface area contributed by atoms with Crippen molar-refractivity contribution in [3.63, 3.8) is 0 Å². The molecule has 3 aromatic rings. The maximum atomic E-state index is 13.6. The second-order valence-electron chi connectivity index (χ2n) is 6.55. The molecule has 0 aromatic heterocycles. The summed E-state index contributed by atoms with van der Waals surface area (Å²) < 4.78 is 13.6. The molecule has 144 valence electrons. The molecule has 1 atom stereocenters. The SMILES string of the molecule is Cc1ccc(NC(=O)C(C)ONC(=O)Cc2cccc3ccccc23)cc1F. The Labute approximate surface area is 162 Å². The van der Waals surface area contributed by atoms with E-state index in [2.05, 4.69) is 10.8 Å². The van der Waals surface area contributed by atoms with Crippen LogP contribution in [0, 0.1) is 12.7 Å². The smallest absolute Gasteiger partial charge is 0.255 e. The van der Waals surface area contributed by atoms with E-state index in [1.165, 1.54) is 13.0 Å². The van der Waals surface area contributed by atoms with Crippen molar-refractivity contribution in [3.8, 4) is 0 Å². The highest BCUT2D eigenvalue weighted by Gasteiger charge is 2.16. The van der Waals surface area contributed by atoms with E-state index < -0.39 is 17.8 Å². The molecule has 0 fully saturated rings. The molecular weight excluding hydrogens is 359 g/mol. The lowest BCUT2D eigenvalue weighted by atomic mass is 10.0. The number of amides is 2. The number of benzene rings is 3. The lowest BCUT2D eigenvalue weighted by Crippen LogP contribution is -2.36. The summed E-state index contributed by atoms with van der Waals surface area (Å²) in [4.78, 5) is 29.5. The Kier molecular flexibility index (Phi) is 6.01. The molecule has 0 aliphatic carbocycles. The lowest BCUT2D eigenvalue weighted by Gasteiger charge is -2.14. The van der Waals surface area contributed by atoms with Crippen molar-refractivity contribution in [1.29, 1.82) is 0 Å². The summed E-state index contributed by atoms with van der Waals surface area (Å²) in [6, 6.07) is 17.9. The highest BCUT2D eigenvalue weighted by Crippen LogP contribution is 2.19. The van der Waals surface area contributed by atoms with Gasteiger partial charge in [0.05, 0.1) is 6.42 Å². The molecule has 0 aliphatic heterocycles. The van der Waals surface area contributed by atoms with E-state index in [4.69, 9.17) is 4.84 Å². The number of fused-ring (bicyclic) bond motifs is 1. The number of halogens is 1. The predicted molar refractivity (Wildman–Crippen MR) is 106 cm³/mol. The molecule has 0 saturated heterocycles. The van der Waals surface area contributed by atoms with Gasteiger partial charge in [0.15, 0.2) is 6.10 Å². The fourth-order valence-corrected chi connectivity index (χ4v) is 2.78. The molecule has 28 heavy (non-hydrogen) atoms. The fourth-order valence-electron chi connectivity index (χ4n) is 2.78. The van der Waals surface area contributed by atoms with Crippen molar-refractivity contribution in [2.24, 2.45) is 0 Å². The standard InChI is InChI=1S/C22H21FN2O3/c1-14-10-11-18(13-20(14)23)24-22(27)15(2)28-25-21(26)12-17-8-5-7-16-6-3-4-9-19(16)17/h3-11,13,15H,12H2,1-2H3,(H,24,27)(H,25,26). The number of carbonyl (C=O) groups excluding carboxylic acids is 2. The first-order chi connectivity index (χ1) is 13.4. The van der Waals surface area contributed by atoms with Crippen LogP contribution in [0.5, 0.6) is 0 Å². The molecule has 1 unspecified atom stereocenters. The van der Waals surface area contributed by atoms with E-state index in [1.807, 2.05) is 42.5 Å². The van der Waals surface area contributed by atoms with Gasteiger partial charge in [0.2, 0.25) is 5.91 Å². The molecule has 3 aromatic carbocycles. The van der Waals surface area contributed by atoms with Crippen LogP contribution in [0.15, 0.2) is 60.7 Å². The Morgan fingerprint density at radius 1 is 1.07 bits per heavy atom. The van der Waals surface area contributed by atoms with E-state index in [0.29, 0.717) is 11.3 Å². The van der Waals surface area contributed by atoms with Gasteiger partial charge in [-0.1, -0.05) is 48.5 Å². The fraction of sp³-hybridized carbons (Fsp3) is 0.182. The average Bonchev–Trinajstić information content (AvgIpc) is 2.69. The number of aryl methyl sites for hydroxylation is 1. The Bertz CT molecular complexity index is 1010. The van der Waals surface area contributed by atoms with Crippen LogP contribution < -0.4 is 10.8 Å². The van der Waals surface area contributed by atoms with Crippen molar-refractivity contribution in [1.82, 2.24) is 5.48 Å². The van der Waals surface area contributed by atoms with Crippen LogP contribution in [-0.4, -0.2) is 17.9 Å². The first-order valence-corrected chi connectivity index (χ1v) is 8.92. The minimum Gasteiger partial charge on any atom is -0.324 e. The van der Waals surface area contributed by atoms with E-state index >= 15 is 0 Å². The maximum Gasteiger partial charge on any atom is 0.255 e. The largest absolute Gasteiger partial charge is 0.324 e. The summed E-state index contributed by atoms with van der Waals surface area (Å²) in [6.45, 7) is 3.14. The molecule has 2 amide bonds. The molecule has 5 nitrogen and oxygen atoms in total. The average molecular weight is 380 g/mol. The van der Waals surface area contributed by atoms with Crippen molar-refractivity contribution in [2.45, 2.75) is 26.4 Å². The zero-order valence-corrected chi connectivity index (χ0v) is 15.7. The van der Waals surface area contributed by atoms with E-state index in [0.717, 1.165) is 16.3 Å². The van der Waals surface area contributed by atoms with E-state index in [9.17, 15) is 14.0 Å². The van der Waals surface area contributed by atoms with Crippen LogP contribution in [0.4, 0.5) is 10.1 Å². The summed E-state index contributed by atoms with van der Waals surface area (Å²) in [5.74, 6) is -1.26. The third-order valence-corrected chi connectivity index (χ3v) is 4.39. The summed E-state index contributed by atoms with van der Waals surface area (Å²) in [7, 11) is 0. The van der Waals surface area contributed by atoms with Gasteiger partial charge in [-0.05, 0) is 47.9 Å². The highest BCUT2D eigenvalue weighted by molar-refractivity contribution is 5.94. The van der Waals surface area contributed by atoms with Gasteiger partial charge in [-0.15, -0.1) is 0 Å². The molecule has 0 saturated carbocycles. The van der Waals surface area contributed by atoms with Gasteiger partial charge in [0, 0.05) is 5.69 Å². The maximum absolute atomic E-state index is 13.6. The quantitative estimate of drug-likeness (QED) is 0.637. The van der Waals surface area contributed by atoms with Crippen molar-refractivity contribution < 1.29 is 18.8 Å². The number of hydroxylamine groups is 1. The number of nitrogens with one attached hydrogen (secondary N) is 2. The van der Waals surface area contributed by atoms with Gasteiger partial charge in [-0.3, -0.25) is 14.4 Å². The summed E-state index contributed by atoms with van der Waals surface area (Å²) in [5, 5.41) is 4.59. The van der Waals surface area contributed by atoms with Crippen molar-refractivity contribution >= 4 is 28.3 Å². The van der Waals surface area contributed by atoms with Crippen LogP contribution in [0.3, 0.4) is 0 Å². The number of anilines is 1. The number of carbonyl (C=O) groups is 2. The van der Waals surface area contributed by atoms with Gasteiger partial charge in [-0.2, -0.15) is 0 Å². The van der Waals surface area contributed by atoms with Gasteiger partial charge in [0.25, 0.3) is 5.91 Å². The molecule has 0 radical (unpaired) electrons. The number of rotatable bonds is 6. The Hall–Kier alpha value is -3.25. The molecular formula is C22H21FN2O3. The normalized spacial score (nSPS) is 11.8. The molecule has 0 bridgehead atoms. The summed E-state index contributed by atoms with van der Waals surface area (Å²) in [6.07, 6.45) is -0.820. The summed E-state index contributed by atoms with van der Waals surface area (Å²) >= 11 is 0. The molecule has 0 aliphatic rings. The zero-order chi connectivity index (χ0) is 20.1. The third-order valence-electron chi connectivity index (χ3n) is 4.39. The van der Waals surface area contributed by atoms with Crippen LogP contribution in [0.2, 0.25) is 0 Å². The third kappa shape index (κ3) is 4.72. The van der Waals surface area contributed by atoms with Gasteiger partial charge in [0.1, 0.15) is 5.82 Å². The first kappa shape index (κ1) is 19.5. The Balaban J connectivity index is 1.54. The Morgan fingerprint density at radius 3 is 2.61 bits per heavy atom. The van der Waals surface area contributed by atoms with E-state index in [-0.39, 0.29) is 12.3 Å². The minimum absolute atomic E-state index is 0.124. The molecule has 6 heteroatoms. The molecule has 0 heterocycles. The lowest BCUT2D eigenvalue weighted by molar-refractivity contribution is -0.143. The predicted octanol–water partition coefficient (Wildman–Crippen LogP) is 3.90. The summed E-state index contributed by atoms with van der Waals surface area (Å²) in [5.41, 5.74) is 3.99. The van der Waals surface area contributed by atoms with Crippen molar-refractivity contribution in [3.05, 3.63) is 77.6 Å². The molecule has 2 N–H and O–H groups in total. The number of hydrogen-bond acceptors (Lipinski definition) is 3. The van der Waals surface area contributed by atoms with Crippen LogP contribution in [0.25, 0.3) is 10.8 Å². The van der Waals surface area contributed by atoms with Crippen molar-refractivity contribution in [2.75, 3.05) is 5.32 Å². The number of hydrogen-bond donors (Lipinski definition) is 2. The monoisotopic (exact) mass is 380 g/mol. The topological polar surface area (TPSA) is 67.4 Å². The van der Waals surface area contributed by atoms with Gasteiger partial charge < -0.3 is 5.32 Å². The molecule has 3 rings (SSSR count). The second-order valence-corrected chi connectivity index (χ2v) is 6.55.